The smallest absolute Gasteiger partial charge is 0.306 e. The van der Waals surface area contributed by atoms with Gasteiger partial charge in [0, 0.05) is 37.0 Å². The maximum absolute atomic E-state index is 12.9. The van der Waals surface area contributed by atoms with Gasteiger partial charge in [-0.1, -0.05) is 34.4 Å². The van der Waals surface area contributed by atoms with Gasteiger partial charge in [0.05, 0.1) is 33.1 Å². The van der Waals surface area contributed by atoms with Gasteiger partial charge in [-0.15, -0.1) is 11.3 Å². The summed E-state index contributed by atoms with van der Waals surface area (Å²) < 4.78 is 29.7. The number of pyridine rings is 1. The van der Waals surface area contributed by atoms with Crippen molar-refractivity contribution >= 4 is 56.3 Å². The Morgan fingerprint density at radius 2 is 2.02 bits per heavy atom. The number of oxime groups is 1. The zero-order valence-electron chi connectivity index (χ0n) is 21.6. The highest BCUT2D eigenvalue weighted by Crippen LogP contribution is 2.40. The largest absolute Gasteiger partial charge is 0.387 e. The summed E-state index contributed by atoms with van der Waals surface area (Å²) in [5.41, 5.74) is 1.36. The fraction of sp³-hybridized carbons (Fsp3) is 0.346. The molecule has 0 saturated carbocycles. The summed E-state index contributed by atoms with van der Waals surface area (Å²) in [4.78, 5) is 37.2. The molecular weight excluding hydrogens is 613 g/mol. The minimum atomic E-state index is -3.77. The first-order chi connectivity index (χ1) is 19.5. The van der Waals surface area contributed by atoms with Crippen molar-refractivity contribution in [3.8, 4) is 11.8 Å². The minimum absolute atomic E-state index is 0.0902. The van der Waals surface area contributed by atoms with Crippen LogP contribution in [-0.2, 0) is 26.3 Å². The number of carbonyl (C=O) groups excluding carboxylic acids is 1. The molecule has 0 radical (unpaired) electrons. The van der Waals surface area contributed by atoms with Crippen LogP contribution in [0.3, 0.4) is 0 Å². The van der Waals surface area contributed by atoms with E-state index in [-0.39, 0.29) is 34.7 Å². The van der Waals surface area contributed by atoms with Gasteiger partial charge in [-0.05, 0) is 31.0 Å². The molecule has 5 rings (SSSR count). The number of thiazole rings is 1. The summed E-state index contributed by atoms with van der Waals surface area (Å²) in [6, 6.07) is 7.95. The van der Waals surface area contributed by atoms with E-state index >= 15 is 0 Å². The van der Waals surface area contributed by atoms with Crippen LogP contribution in [0.5, 0.6) is 5.75 Å². The number of likely N-dealkylation sites (tertiary alicyclic amines) is 1. The quantitative estimate of drug-likeness (QED) is 0.353. The summed E-state index contributed by atoms with van der Waals surface area (Å²) in [5.74, 6) is 0.0141. The zero-order chi connectivity index (χ0) is 29.3. The van der Waals surface area contributed by atoms with Crippen LogP contribution in [0.2, 0.25) is 10.0 Å². The summed E-state index contributed by atoms with van der Waals surface area (Å²) in [6.07, 6.45) is 3.38. The summed E-state index contributed by atoms with van der Waals surface area (Å²) in [5, 5.41) is 16.3. The SMILES string of the molecule is CS(=O)(=O)Oc1cccc(Cl)c1C1CC(c2csc(C3CCN(C(=O)Cn4cc(C#N)cc(Cl)c4=O)CC3)n2)=NO1. The predicted molar refractivity (Wildman–Crippen MR) is 153 cm³/mol. The molecule has 1 aromatic carbocycles. The average Bonchev–Trinajstić information content (AvgIpc) is 3.61. The Bertz CT molecular complexity index is 1740. The van der Waals surface area contributed by atoms with E-state index in [4.69, 9.17) is 42.5 Å². The van der Waals surface area contributed by atoms with Crippen molar-refractivity contribution in [2.75, 3.05) is 19.3 Å². The number of rotatable bonds is 7. The number of nitriles is 1. The molecule has 0 spiro atoms. The number of amides is 1. The molecule has 0 N–H and O–H groups in total. The van der Waals surface area contributed by atoms with Gasteiger partial charge in [-0.25, -0.2) is 4.98 Å². The molecular formula is C26H23Cl2N5O6S2. The van der Waals surface area contributed by atoms with Gasteiger partial charge in [0.1, 0.15) is 23.3 Å². The van der Waals surface area contributed by atoms with Crippen molar-refractivity contribution < 1.29 is 22.2 Å². The zero-order valence-corrected chi connectivity index (χ0v) is 24.8. The molecule has 1 unspecified atom stereocenters. The Balaban J connectivity index is 1.20. The Kier molecular flexibility index (Phi) is 8.37. The number of piperidine rings is 1. The van der Waals surface area contributed by atoms with Gasteiger partial charge in [0.2, 0.25) is 5.91 Å². The van der Waals surface area contributed by atoms with Crippen molar-refractivity contribution in [2.45, 2.75) is 37.8 Å². The van der Waals surface area contributed by atoms with Gasteiger partial charge in [-0.3, -0.25) is 9.59 Å². The van der Waals surface area contributed by atoms with E-state index in [0.717, 1.165) is 11.3 Å². The standard InChI is InChI=1S/C26H23Cl2N5O6S2/c1-41(36,37)39-21-4-2-3-17(27)24(21)22-10-19(31-38-22)20-14-40-25(30-20)16-5-7-32(8-6-16)23(34)13-33-12-15(11-29)9-18(28)26(33)35/h2-4,9,12,14,16,22H,5-8,10,13H2,1H3. The van der Waals surface area contributed by atoms with Crippen LogP contribution < -0.4 is 9.74 Å². The molecule has 2 aromatic heterocycles. The van der Waals surface area contributed by atoms with Crippen molar-refractivity contribution in [1.29, 1.82) is 5.26 Å². The lowest BCUT2D eigenvalue weighted by molar-refractivity contribution is -0.132. The summed E-state index contributed by atoms with van der Waals surface area (Å²) in [6.45, 7) is 0.810. The minimum Gasteiger partial charge on any atom is -0.387 e. The third-order valence-corrected chi connectivity index (χ3v) is 8.83. The molecule has 15 heteroatoms. The monoisotopic (exact) mass is 635 g/mol. The molecule has 41 heavy (non-hydrogen) atoms. The Labute approximate surface area is 249 Å². The summed E-state index contributed by atoms with van der Waals surface area (Å²) >= 11 is 13.8. The topological polar surface area (TPSA) is 144 Å². The molecule has 0 aliphatic carbocycles. The number of halogens is 2. The summed E-state index contributed by atoms with van der Waals surface area (Å²) in [7, 11) is -3.77. The van der Waals surface area contributed by atoms with E-state index in [9.17, 15) is 18.0 Å². The molecule has 1 amide bonds. The molecule has 4 heterocycles. The average molecular weight is 637 g/mol. The second-order valence-corrected chi connectivity index (χ2v) is 12.9. The van der Waals surface area contributed by atoms with E-state index < -0.39 is 21.8 Å². The van der Waals surface area contributed by atoms with Crippen LogP contribution in [0.4, 0.5) is 0 Å². The van der Waals surface area contributed by atoms with Crippen molar-refractivity contribution in [3.05, 3.63) is 78.1 Å². The normalized spacial score (nSPS) is 17.6. The molecule has 3 aromatic rings. The molecule has 1 fully saturated rings. The molecule has 214 valence electrons. The molecule has 1 saturated heterocycles. The highest BCUT2D eigenvalue weighted by atomic mass is 35.5. The number of benzene rings is 1. The number of hydrogen-bond donors (Lipinski definition) is 0. The molecule has 2 aliphatic rings. The van der Waals surface area contributed by atoms with Crippen LogP contribution in [0, 0.1) is 11.3 Å². The number of carbonyl (C=O) groups is 1. The molecule has 2 aliphatic heterocycles. The number of hydrogen-bond acceptors (Lipinski definition) is 10. The van der Waals surface area contributed by atoms with E-state index in [1.54, 1.807) is 17.0 Å². The Hall–Kier alpha value is -3.44. The van der Waals surface area contributed by atoms with Crippen molar-refractivity contribution in [1.82, 2.24) is 14.5 Å². The second kappa shape index (κ2) is 11.8. The van der Waals surface area contributed by atoms with Crippen molar-refractivity contribution in [3.63, 3.8) is 0 Å². The maximum Gasteiger partial charge on any atom is 0.306 e. The maximum atomic E-state index is 12.9. The third-order valence-electron chi connectivity index (χ3n) is 6.74. The van der Waals surface area contributed by atoms with Crippen LogP contribution in [0.1, 0.15) is 53.1 Å². The fourth-order valence-electron chi connectivity index (χ4n) is 4.76. The van der Waals surface area contributed by atoms with Gasteiger partial charge >= 0.3 is 10.1 Å². The lowest BCUT2D eigenvalue weighted by atomic mass is 9.97. The van der Waals surface area contributed by atoms with Gasteiger partial charge < -0.3 is 18.5 Å². The van der Waals surface area contributed by atoms with Crippen LogP contribution in [-0.4, -0.2) is 53.8 Å². The van der Waals surface area contributed by atoms with Gasteiger partial charge in [0.15, 0.2) is 11.9 Å². The lowest BCUT2D eigenvalue weighted by Crippen LogP contribution is -2.41. The highest BCUT2D eigenvalue weighted by Gasteiger charge is 2.32. The van der Waals surface area contributed by atoms with Crippen LogP contribution in [0.15, 0.2) is 45.8 Å². The van der Waals surface area contributed by atoms with Crippen molar-refractivity contribution in [2.24, 2.45) is 5.16 Å². The first-order valence-electron chi connectivity index (χ1n) is 12.5. The number of nitrogens with zero attached hydrogens (tertiary/aromatic N) is 5. The third kappa shape index (κ3) is 6.56. The first-order valence-corrected chi connectivity index (χ1v) is 15.9. The predicted octanol–water partition coefficient (Wildman–Crippen LogP) is 4.09. The molecule has 0 bridgehead atoms. The van der Waals surface area contributed by atoms with E-state index in [0.29, 0.717) is 54.3 Å². The lowest BCUT2D eigenvalue weighted by Gasteiger charge is -2.31. The number of aromatic nitrogens is 2. The van der Waals surface area contributed by atoms with Crippen LogP contribution in [0.25, 0.3) is 0 Å². The Morgan fingerprint density at radius 1 is 1.27 bits per heavy atom. The molecule has 1 atom stereocenters. The first kappa shape index (κ1) is 29.1. The highest BCUT2D eigenvalue weighted by molar-refractivity contribution is 7.86. The Morgan fingerprint density at radius 3 is 2.73 bits per heavy atom. The molecule has 11 nitrogen and oxygen atoms in total. The fourth-order valence-corrected chi connectivity index (χ4v) is 6.74. The van der Waals surface area contributed by atoms with Gasteiger partial charge in [0.25, 0.3) is 5.56 Å². The van der Waals surface area contributed by atoms with Crippen LogP contribution >= 0.6 is 34.5 Å². The second-order valence-electron chi connectivity index (χ2n) is 9.62. The van der Waals surface area contributed by atoms with Gasteiger partial charge in [-0.2, -0.15) is 13.7 Å². The van der Waals surface area contributed by atoms with E-state index in [2.05, 4.69) is 5.16 Å². The van der Waals surface area contributed by atoms with E-state index in [1.165, 1.54) is 34.2 Å². The van der Waals surface area contributed by atoms with E-state index in [1.807, 2.05) is 11.4 Å².